The van der Waals surface area contributed by atoms with Crippen molar-refractivity contribution >= 4 is 22.6 Å². The van der Waals surface area contributed by atoms with Crippen LogP contribution >= 0.6 is 11.6 Å². The van der Waals surface area contributed by atoms with Crippen molar-refractivity contribution in [3.8, 4) is 0 Å². The van der Waals surface area contributed by atoms with Crippen LogP contribution in [0.15, 0.2) is 30.6 Å². The van der Waals surface area contributed by atoms with Gasteiger partial charge in [-0.15, -0.1) is 0 Å². The molecule has 5 nitrogen and oxygen atoms in total. The van der Waals surface area contributed by atoms with Gasteiger partial charge in [0.1, 0.15) is 11.6 Å². The molecule has 0 aliphatic heterocycles. The Kier molecular flexibility index (Phi) is 4.22. The predicted octanol–water partition coefficient (Wildman–Crippen LogP) is 2.67. The van der Waals surface area contributed by atoms with E-state index in [1.165, 1.54) is 0 Å². The quantitative estimate of drug-likeness (QED) is 0.688. The standard InChI is InChI=1S/C15H18ClN5/c1-21-8-7-18-15(21)10-17-6-2-3-14-19-12-5-4-11(16)9-13(12)20-14/h4-5,7-9,17H,2-3,6,10H2,1H3,(H,19,20). The van der Waals surface area contributed by atoms with Gasteiger partial charge in [0, 0.05) is 30.9 Å². The van der Waals surface area contributed by atoms with Crippen molar-refractivity contribution in [3.05, 3.63) is 47.3 Å². The van der Waals surface area contributed by atoms with Crippen LogP contribution < -0.4 is 5.32 Å². The largest absolute Gasteiger partial charge is 0.342 e. The number of imidazole rings is 2. The smallest absolute Gasteiger partial charge is 0.122 e. The normalized spacial score (nSPS) is 11.3. The fourth-order valence-corrected chi connectivity index (χ4v) is 2.47. The number of aromatic amines is 1. The minimum Gasteiger partial charge on any atom is -0.342 e. The molecule has 0 bridgehead atoms. The Morgan fingerprint density at radius 3 is 3.10 bits per heavy atom. The molecular formula is C15H18ClN5. The topological polar surface area (TPSA) is 58.5 Å². The predicted molar refractivity (Wildman–Crippen MR) is 84.3 cm³/mol. The van der Waals surface area contributed by atoms with E-state index in [1.54, 1.807) is 0 Å². The fraction of sp³-hybridized carbons (Fsp3) is 0.333. The summed E-state index contributed by atoms with van der Waals surface area (Å²) >= 11 is 5.97. The third kappa shape index (κ3) is 3.43. The van der Waals surface area contributed by atoms with Gasteiger partial charge in [0.05, 0.1) is 17.6 Å². The summed E-state index contributed by atoms with van der Waals surface area (Å²) < 4.78 is 2.02. The molecule has 6 heteroatoms. The van der Waals surface area contributed by atoms with Gasteiger partial charge in [0.25, 0.3) is 0 Å². The number of halogens is 1. The summed E-state index contributed by atoms with van der Waals surface area (Å²) in [4.78, 5) is 12.1. The maximum atomic E-state index is 5.97. The number of aromatic nitrogens is 4. The molecule has 0 spiro atoms. The Bertz CT molecular complexity index is 731. The molecule has 0 saturated heterocycles. The minimum absolute atomic E-state index is 0.731. The molecule has 2 aromatic heterocycles. The fourth-order valence-electron chi connectivity index (χ4n) is 2.30. The molecule has 0 aliphatic carbocycles. The van der Waals surface area contributed by atoms with Gasteiger partial charge in [-0.2, -0.15) is 0 Å². The van der Waals surface area contributed by atoms with Gasteiger partial charge in [-0.25, -0.2) is 9.97 Å². The Morgan fingerprint density at radius 1 is 1.38 bits per heavy atom. The molecule has 3 aromatic rings. The van der Waals surface area contributed by atoms with Crippen molar-refractivity contribution in [3.63, 3.8) is 0 Å². The first-order chi connectivity index (χ1) is 10.2. The van der Waals surface area contributed by atoms with Gasteiger partial charge >= 0.3 is 0 Å². The lowest BCUT2D eigenvalue weighted by molar-refractivity contribution is 0.609. The number of benzene rings is 1. The second kappa shape index (κ2) is 6.28. The van der Waals surface area contributed by atoms with Crippen molar-refractivity contribution in [1.29, 1.82) is 0 Å². The van der Waals surface area contributed by atoms with E-state index >= 15 is 0 Å². The Hall–Kier alpha value is -1.85. The van der Waals surface area contributed by atoms with E-state index in [9.17, 15) is 0 Å². The molecule has 0 fully saturated rings. The van der Waals surface area contributed by atoms with Crippen molar-refractivity contribution in [2.75, 3.05) is 6.54 Å². The summed E-state index contributed by atoms with van der Waals surface area (Å²) in [5, 5.41) is 4.13. The van der Waals surface area contributed by atoms with E-state index in [1.807, 2.05) is 42.2 Å². The highest BCUT2D eigenvalue weighted by Gasteiger charge is 2.03. The molecule has 110 valence electrons. The van der Waals surface area contributed by atoms with Crippen molar-refractivity contribution < 1.29 is 0 Å². The molecule has 3 rings (SSSR count). The van der Waals surface area contributed by atoms with Gasteiger partial charge in [-0.05, 0) is 31.2 Å². The third-order valence-corrected chi connectivity index (χ3v) is 3.70. The van der Waals surface area contributed by atoms with Gasteiger partial charge < -0.3 is 14.9 Å². The number of hydrogen-bond acceptors (Lipinski definition) is 3. The number of rotatable bonds is 6. The minimum atomic E-state index is 0.731. The van der Waals surface area contributed by atoms with Crippen molar-refractivity contribution in [2.24, 2.45) is 7.05 Å². The van der Waals surface area contributed by atoms with E-state index < -0.39 is 0 Å². The number of nitrogens with one attached hydrogen (secondary N) is 2. The number of fused-ring (bicyclic) bond motifs is 1. The van der Waals surface area contributed by atoms with Crippen LogP contribution in [0.4, 0.5) is 0 Å². The van der Waals surface area contributed by atoms with Gasteiger partial charge in [-0.3, -0.25) is 0 Å². The lowest BCUT2D eigenvalue weighted by atomic mass is 10.3. The van der Waals surface area contributed by atoms with Crippen LogP contribution in [0.1, 0.15) is 18.1 Å². The van der Waals surface area contributed by atoms with Crippen LogP contribution in [-0.4, -0.2) is 26.1 Å². The number of H-pyrrole nitrogens is 1. The summed E-state index contributed by atoms with van der Waals surface area (Å²) in [7, 11) is 2.00. The van der Waals surface area contributed by atoms with E-state index in [0.29, 0.717) is 0 Å². The summed E-state index contributed by atoms with van der Waals surface area (Å²) in [6.45, 7) is 1.73. The van der Waals surface area contributed by atoms with Gasteiger partial charge in [0.15, 0.2) is 0 Å². The average Bonchev–Trinajstić information content (AvgIpc) is 3.04. The summed E-state index contributed by atoms with van der Waals surface area (Å²) in [5.74, 6) is 2.06. The summed E-state index contributed by atoms with van der Waals surface area (Å²) in [6.07, 6.45) is 5.71. The summed E-state index contributed by atoms with van der Waals surface area (Å²) in [5.41, 5.74) is 1.97. The zero-order valence-corrected chi connectivity index (χ0v) is 12.7. The van der Waals surface area contributed by atoms with Crippen LogP contribution in [0, 0.1) is 0 Å². The molecule has 0 atom stereocenters. The molecule has 0 saturated carbocycles. The first-order valence-electron chi connectivity index (χ1n) is 7.03. The Balaban J connectivity index is 1.47. The number of nitrogens with zero attached hydrogens (tertiary/aromatic N) is 3. The van der Waals surface area contributed by atoms with Gasteiger partial charge in [-0.1, -0.05) is 11.6 Å². The molecular weight excluding hydrogens is 286 g/mol. The zero-order valence-electron chi connectivity index (χ0n) is 11.9. The highest BCUT2D eigenvalue weighted by molar-refractivity contribution is 6.31. The first kappa shape index (κ1) is 14.1. The monoisotopic (exact) mass is 303 g/mol. The molecule has 1 aromatic carbocycles. The third-order valence-electron chi connectivity index (χ3n) is 3.46. The maximum absolute atomic E-state index is 5.97. The summed E-state index contributed by atoms with van der Waals surface area (Å²) in [6, 6.07) is 5.71. The molecule has 0 aliphatic rings. The van der Waals surface area contributed by atoms with Crippen molar-refractivity contribution in [2.45, 2.75) is 19.4 Å². The first-order valence-corrected chi connectivity index (χ1v) is 7.41. The van der Waals surface area contributed by atoms with E-state index in [2.05, 4.69) is 20.3 Å². The van der Waals surface area contributed by atoms with E-state index in [-0.39, 0.29) is 0 Å². The Labute approximate surface area is 128 Å². The van der Waals surface area contributed by atoms with E-state index in [0.717, 1.165) is 53.6 Å². The van der Waals surface area contributed by atoms with Gasteiger partial charge in [0.2, 0.25) is 0 Å². The van der Waals surface area contributed by atoms with Crippen molar-refractivity contribution in [1.82, 2.24) is 24.8 Å². The van der Waals surface area contributed by atoms with Crippen LogP contribution in [0.2, 0.25) is 5.02 Å². The SMILES string of the molecule is Cn1ccnc1CNCCCc1nc2ccc(Cl)cc2[nH]1. The lowest BCUT2D eigenvalue weighted by Gasteiger charge is -2.04. The Morgan fingerprint density at radius 2 is 2.29 bits per heavy atom. The average molecular weight is 304 g/mol. The molecule has 0 radical (unpaired) electrons. The zero-order chi connectivity index (χ0) is 14.7. The number of aryl methyl sites for hydroxylation is 2. The highest BCUT2D eigenvalue weighted by Crippen LogP contribution is 2.17. The number of hydrogen-bond donors (Lipinski definition) is 2. The molecule has 0 amide bonds. The second-order valence-corrected chi connectivity index (χ2v) is 5.52. The second-order valence-electron chi connectivity index (χ2n) is 5.08. The molecule has 2 N–H and O–H groups in total. The van der Waals surface area contributed by atoms with E-state index in [4.69, 9.17) is 11.6 Å². The molecule has 21 heavy (non-hydrogen) atoms. The van der Waals surface area contributed by atoms with Crippen LogP contribution in [0.3, 0.4) is 0 Å². The van der Waals surface area contributed by atoms with Crippen LogP contribution in [-0.2, 0) is 20.0 Å². The lowest BCUT2D eigenvalue weighted by Crippen LogP contribution is -2.18. The van der Waals surface area contributed by atoms with Crippen LogP contribution in [0.5, 0.6) is 0 Å². The molecule has 0 unspecified atom stereocenters. The maximum Gasteiger partial charge on any atom is 0.122 e. The molecule has 2 heterocycles. The van der Waals surface area contributed by atoms with Crippen LogP contribution in [0.25, 0.3) is 11.0 Å². The highest BCUT2D eigenvalue weighted by atomic mass is 35.5.